The molecular formula is C25H30F4N4O. The first-order valence-corrected chi connectivity index (χ1v) is 11.5. The van der Waals surface area contributed by atoms with Crippen LogP contribution in [0.3, 0.4) is 0 Å². The highest BCUT2D eigenvalue weighted by Gasteiger charge is 2.42. The Hall–Kier alpha value is -2.65. The second-order valence-electron chi connectivity index (χ2n) is 9.37. The molecule has 2 atom stereocenters. The first-order valence-electron chi connectivity index (χ1n) is 11.5. The number of likely N-dealkylation sites (N-methyl/N-ethyl adjacent to an activating group) is 1. The van der Waals surface area contributed by atoms with Crippen LogP contribution in [0.5, 0.6) is 0 Å². The number of hydrogen-bond acceptors (Lipinski definition) is 4. The molecule has 0 aliphatic carbocycles. The standard InChI is InChI=1S/C25H30F4N4O/c1-31(2)10-9-30-24(34)21-14-18-13-19(25(27,28)29)5-8-22(18)33-12-11-32(16-23(21)33)15-17-3-6-20(26)7-4-17/h3-8,13,21,23H,9-12,14-16H2,1-2H3,(H,30,34). The summed E-state index contributed by atoms with van der Waals surface area (Å²) in [5, 5.41) is 2.97. The van der Waals surface area contributed by atoms with E-state index in [0.717, 1.165) is 17.3 Å². The fourth-order valence-corrected chi connectivity index (χ4v) is 4.88. The van der Waals surface area contributed by atoms with Gasteiger partial charge in [0, 0.05) is 45.0 Å². The first kappa shape index (κ1) is 24.5. The Labute approximate surface area is 197 Å². The second kappa shape index (κ2) is 9.92. The van der Waals surface area contributed by atoms with E-state index in [1.54, 1.807) is 18.2 Å². The molecule has 34 heavy (non-hydrogen) atoms. The van der Waals surface area contributed by atoms with Crippen LogP contribution in [0.15, 0.2) is 42.5 Å². The van der Waals surface area contributed by atoms with Crippen molar-refractivity contribution < 1.29 is 22.4 Å². The predicted octanol–water partition coefficient (Wildman–Crippen LogP) is 3.39. The zero-order chi connectivity index (χ0) is 24.5. The van der Waals surface area contributed by atoms with Crippen LogP contribution < -0.4 is 10.2 Å². The molecule has 2 aliphatic rings. The molecule has 0 aromatic heterocycles. The Bertz CT molecular complexity index is 1010. The topological polar surface area (TPSA) is 38.8 Å². The summed E-state index contributed by atoms with van der Waals surface area (Å²) in [6.45, 7) is 3.68. The van der Waals surface area contributed by atoms with Crippen molar-refractivity contribution in [3.05, 3.63) is 65.0 Å². The third-order valence-electron chi connectivity index (χ3n) is 6.64. The zero-order valence-corrected chi connectivity index (χ0v) is 19.4. The van der Waals surface area contributed by atoms with E-state index in [2.05, 4.69) is 15.1 Å². The van der Waals surface area contributed by atoms with E-state index in [9.17, 15) is 22.4 Å². The number of rotatable bonds is 6. The summed E-state index contributed by atoms with van der Waals surface area (Å²) < 4.78 is 53.3. The normalized spacial score (nSPS) is 20.7. The summed E-state index contributed by atoms with van der Waals surface area (Å²) in [5.74, 6) is -0.886. The number of halogens is 4. The SMILES string of the molecule is CN(C)CCNC(=O)C1Cc2cc(C(F)(F)F)ccc2N2CCN(Cc3ccc(F)cc3)CC12. The molecule has 1 N–H and O–H groups in total. The van der Waals surface area contributed by atoms with Crippen molar-refractivity contribution in [1.82, 2.24) is 15.1 Å². The molecule has 2 heterocycles. The molecule has 1 amide bonds. The average molecular weight is 479 g/mol. The van der Waals surface area contributed by atoms with Gasteiger partial charge in [-0.05, 0) is 62.0 Å². The number of anilines is 1. The highest BCUT2D eigenvalue weighted by Crippen LogP contribution is 2.39. The minimum Gasteiger partial charge on any atom is -0.365 e. The molecule has 1 saturated heterocycles. The van der Waals surface area contributed by atoms with E-state index < -0.39 is 17.7 Å². The Morgan fingerprint density at radius 2 is 1.85 bits per heavy atom. The highest BCUT2D eigenvalue weighted by atomic mass is 19.4. The van der Waals surface area contributed by atoms with Crippen LogP contribution >= 0.6 is 0 Å². The van der Waals surface area contributed by atoms with Crippen molar-refractivity contribution >= 4 is 11.6 Å². The van der Waals surface area contributed by atoms with Gasteiger partial charge in [0.05, 0.1) is 17.5 Å². The van der Waals surface area contributed by atoms with Crippen LogP contribution in [0.1, 0.15) is 16.7 Å². The van der Waals surface area contributed by atoms with E-state index in [4.69, 9.17) is 0 Å². The molecule has 184 valence electrons. The highest BCUT2D eigenvalue weighted by molar-refractivity contribution is 5.82. The summed E-state index contributed by atoms with van der Waals surface area (Å²) in [7, 11) is 3.83. The summed E-state index contributed by atoms with van der Waals surface area (Å²) in [6.07, 6.45) is -4.16. The van der Waals surface area contributed by atoms with Gasteiger partial charge in [-0.1, -0.05) is 12.1 Å². The van der Waals surface area contributed by atoms with Gasteiger partial charge >= 0.3 is 6.18 Å². The Morgan fingerprint density at radius 1 is 1.12 bits per heavy atom. The predicted molar refractivity (Wildman–Crippen MR) is 123 cm³/mol. The molecule has 2 aliphatic heterocycles. The summed E-state index contributed by atoms with van der Waals surface area (Å²) in [6, 6.07) is 10.1. The van der Waals surface area contributed by atoms with Gasteiger partial charge < -0.3 is 15.1 Å². The van der Waals surface area contributed by atoms with Gasteiger partial charge in [-0.2, -0.15) is 13.2 Å². The molecule has 4 rings (SSSR count). The Kier molecular flexibility index (Phi) is 7.14. The fraction of sp³-hybridized carbons (Fsp3) is 0.480. The third kappa shape index (κ3) is 5.52. The Balaban J connectivity index is 1.58. The van der Waals surface area contributed by atoms with Gasteiger partial charge in [-0.25, -0.2) is 4.39 Å². The maximum atomic E-state index is 13.3. The quantitative estimate of drug-likeness (QED) is 0.647. The van der Waals surface area contributed by atoms with Crippen LogP contribution in [-0.4, -0.2) is 68.6 Å². The van der Waals surface area contributed by atoms with Gasteiger partial charge in [-0.15, -0.1) is 0 Å². The number of alkyl halides is 3. The van der Waals surface area contributed by atoms with Crippen molar-refractivity contribution in [2.24, 2.45) is 5.92 Å². The van der Waals surface area contributed by atoms with Crippen molar-refractivity contribution in [3.8, 4) is 0 Å². The van der Waals surface area contributed by atoms with E-state index in [1.165, 1.54) is 18.2 Å². The van der Waals surface area contributed by atoms with E-state index in [-0.39, 0.29) is 24.2 Å². The molecule has 0 saturated carbocycles. The molecule has 5 nitrogen and oxygen atoms in total. The molecule has 2 unspecified atom stereocenters. The van der Waals surface area contributed by atoms with Crippen LogP contribution in [-0.2, 0) is 23.9 Å². The molecule has 0 radical (unpaired) electrons. The van der Waals surface area contributed by atoms with Crippen LogP contribution in [0.2, 0.25) is 0 Å². The minimum atomic E-state index is -4.43. The lowest BCUT2D eigenvalue weighted by atomic mass is 9.82. The van der Waals surface area contributed by atoms with Crippen LogP contribution in [0, 0.1) is 11.7 Å². The number of amides is 1. The number of carbonyl (C=O) groups excluding carboxylic acids is 1. The first-order chi connectivity index (χ1) is 16.1. The number of nitrogens with zero attached hydrogens (tertiary/aromatic N) is 3. The lowest BCUT2D eigenvalue weighted by Crippen LogP contribution is -2.61. The molecule has 2 aromatic rings. The smallest absolute Gasteiger partial charge is 0.365 e. The summed E-state index contributed by atoms with van der Waals surface area (Å²) in [5.41, 5.74) is 1.63. The molecule has 2 aromatic carbocycles. The maximum absolute atomic E-state index is 13.3. The molecule has 0 spiro atoms. The fourth-order valence-electron chi connectivity index (χ4n) is 4.88. The van der Waals surface area contributed by atoms with Gasteiger partial charge in [0.1, 0.15) is 5.82 Å². The summed E-state index contributed by atoms with van der Waals surface area (Å²) in [4.78, 5) is 19.5. The maximum Gasteiger partial charge on any atom is 0.416 e. The average Bonchev–Trinajstić information content (AvgIpc) is 2.78. The molecule has 9 heteroatoms. The third-order valence-corrected chi connectivity index (χ3v) is 6.64. The summed E-state index contributed by atoms with van der Waals surface area (Å²) >= 11 is 0. The van der Waals surface area contributed by atoms with Gasteiger partial charge in [0.25, 0.3) is 0 Å². The molecular weight excluding hydrogens is 448 g/mol. The lowest BCUT2D eigenvalue weighted by Gasteiger charge is -2.49. The second-order valence-corrected chi connectivity index (χ2v) is 9.37. The van der Waals surface area contributed by atoms with E-state index >= 15 is 0 Å². The number of piperazine rings is 1. The van der Waals surface area contributed by atoms with Crippen molar-refractivity contribution in [2.75, 3.05) is 51.7 Å². The van der Waals surface area contributed by atoms with Crippen LogP contribution in [0.25, 0.3) is 0 Å². The van der Waals surface area contributed by atoms with Gasteiger partial charge in [0.2, 0.25) is 5.91 Å². The monoisotopic (exact) mass is 478 g/mol. The number of fused-ring (bicyclic) bond motifs is 3. The number of nitrogens with one attached hydrogen (secondary N) is 1. The Morgan fingerprint density at radius 3 is 2.53 bits per heavy atom. The molecule has 1 fully saturated rings. The number of benzene rings is 2. The van der Waals surface area contributed by atoms with E-state index in [1.807, 2.05) is 19.0 Å². The van der Waals surface area contributed by atoms with Gasteiger partial charge in [-0.3, -0.25) is 9.69 Å². The number of carbonyl (C=O) groups is 1. The minimum absolute atomic E-state index is 0.136. The lowest BCUT2D eigenvalue weighted by molar-refractivity contribution is -0.137. The van der Waals surface area contributed by atoms with Crippen LogP contribution in [0.4, 0.5) is 23.2 Å². The van der Waals surface area contributed by atoms with Crippen molar-refractivity contribution in [3.63, 3.8) is 0 Å². The number of hydrogen-bond donors (Lipinski definition) is 1. The van der Waals surface area contributed by atoms with Crippen molar-refractivity contribution in [1.29, 1.82) is 0 Å². The van der Waals surface area contributed by atoms with Crippen molar-refractivity contribution in [2.45, 2.75) is 25.2 Å². The largest absolute Gasteiger partial charge is 0.416 e. The van der Waals surface area contributed by atoms with E-state index in [0.29, 0.717) is 44.8 Å². The van der Waals surface area contributed by atoms with Gasteiger partial charge in [0.15, 0.2) is 0 Å². The molecule has 0 bridgehead atoms. The zero-order valence-electron chi connectivity index (χ0n) is 19.4.